The normalized spacial score (nSPS) is 26.7. The van der Waals surface area contributed by atoms with Crippen molar-refractivity contribution in [1.29, 1.82) is 0 Å². The van der Waals surface area contributed by atoms with E-state index in [1.165, 1.54) is 5.56 Å². The molecule has 116 valence electrons. The summed E-state index contributed by atoms with van der Waals surface area (Å²) in [4.78, 5) is 15.3. The number of fused-ring (bicyclic) bond motifs is 1. The van der Waals surface area contributed by atoms with E-state index in [0.29, 0.717) is 18.7 Å². The third-order valence-corrected chi connectivity index (χ3v) is 4.14. The van der Waals surface area contributed by atoms with Crippen molar-refractivity contribution in [1.82, 2.24) is 9.80 Å². The van der Waals surface area contributed by atoms with E-state index in [0.717, 1.165) is 26.2 Å². The lowest BCUT2D eigenvalue weighted by atomic mass is 10.0. The smallest absolute Gasteiger partial charge is 0.317 e. The molecule has 0 amide bonds. The summed E-state index contributed by atoms with van der Waals surface area (Å²) in [6.07, 6.45) is 0. The van der Waals surface area contributed by atoms with Gasteiger partial charge in [0.15, 0.2) is 0 Å². The van der Waals surface area contributed by atoms with E-state index in [2.05, 4.69) is 29.2 Å². The Hall–Kier alpha value is -1.14. The summed E-state index contributed by atoms with van der Waals surface area (Å²) < 4.78 is 5.74. The number of hydrogen-bond acceptors (Lipinski definition) is 4. The molecule has 5 nitrogen and oxygen atoms in total. The van der Waals surface area contributed by atoms with Crippen LogP contribution in [0, 0.1) is 0 Å². The number of hydrogen-bond donors (Lipinski definition) is 1. The molecule has 2 aliphatic heterocycles. The molecule has 2 fully saturated rings. The molecule has 2 aliphatic rings. The number of carboxylic acid groups (broad SMARTS) is 1. The lowest BCUT2D eigenvalue weighted by Gasteiger charge is -2.47. The zero-order valence-electron chi connectivity index (χ0n) is 11.9. The van der Waals surface area contributed by atoms with Crippen molar-refractivity contribution in [3.8, 4) is 0 Å². The highest BCUT2D eigenvalue weighted by Gasteiger charge is 2.36. The van der Waals surface area contributed by atoms with E-state index in [1.54, 1.807) is 0 Å². The molecule has 0 spiro atoms. The van der Waals surface area contributed by atoms with Crippen LogP contribution < -0.4 is 0 Å². The molecule has 0 aliphatic carbocycles. The second-order valence-corrected chi connectivity index (χ2v) is 5.48. The van der Waals surface area contributed by atoms with Gasteiger partial charge in [0.1, 0.15) is 0 Å². The second kappa shape index (κ2) is 7.22. The van der Waals surface area contributed by atoms with Crippen LogP contribution in [-0.2, 0) is 9.53 Å². The second-order valence-electron chi connectivity index (χ2n) is 5.48. The van der Waals surface area contributed by atoms with Crippen LogP contribution in [-0.4, -0.2) is 66.3 Å². The molecule has 1 N–H and O–H groups in total. The van der Waals surface area contributed by atoms with Gasteiger partial charge in [0, 0.05) is 25.7 Å². The number of piperazine rings is 1. The predicted octanol–water partition coefficient (Wildman–Crippen LogP) is 1.25. The molecule has 2 heterocycles. The first kappa shape index (κ1) is 16.2. The lowest BCUT2D eigenvalue weighted by Crippen LogP contribution is -2.59. The van der Waals surface area contributed by atoms with Gasteiger partial charge in [0.05, 0.1) is 25.8 Å². The molecule has 1 aromatic rings. The van der Waals surface area contributed by atoms with Crippen molar-refractivity contribution in [3.05, 3.63) is 35.9 Å². The Morgan fingerprint density at radius 2 is 2.00 bits per heavy atom. The van der Waals surface area contributed by atoms with Crippen molar-refractivity contribution in [2.24, 2.45) is 0 Å². The molecule has 1 aromatic carbocycles. The van der Waals surface area contributed by atoms with Gasteiger partial charge in [0.25, 0.3) is 0 Å². The van der Waals surface area contributed by atoms with E-state index in [9.17, 15) is 4.79 Å². The minimum Gasteiger partial charge on any atom is -0.480 e. The van der Waals surface area contributed by atoms with E-state index in [4.69, 9.17) is 9.84 Å². The number of carboxylic acids is 1. The number of rotatable bonds is 3. The van der Waals surface area contributed by atoms with Crippen molar-refractivity contribution >= 4 is 18.4 Å². The molecule has 21 heavy (non-hydrogen) atoms. The number of nitrogens with zero attached hydrogens (tertiary/aromatic N) is 2. The minimum atomic E-state index is -0.755. The van der Waals surface area contributed by atoms with Gasteiger partial charge in [-0.05, 0) is 5.56 Å². The highest BCUT2D eigenvalue weighted by Crippen LogP contribution is 2.29. The van der Waals surface area contributed by atoms with Crippen LogP contribution in [0.15, 0.2) is 30.3 Å². The highest BCUT2D eigenvalue weighted by atomic mass is 35.5. The Balaban J connectivity index is 0.00000161. The van der Waals surface area contributed by atoms with Crippen LogP contribution >= 0.6 is 12.4 Å². The van der Waals surface area contributed by atoms with Gasteiger partial charge >= 0.3 is 5.97 Å². The minimum absolute atomic E-state index is 0. The van der Waals surface area contributed by atoms with Gasteiger partial charge < -0.3 is 9.84 Å². The predicted molar refractivity (Wildman–Crippen MR) is 81.8 cm³/mol. The fourth-order valence-electron chi connectivity index (χ4n) is 3.20. The highest BCUT2D eigenvalue weighted by molar-refractivity contribution is 5.85. The third kappa shape index (κ3) is 3.74. The molecule has 0 saturated carbocycles. The molecule has 6 heteroatoms. The van der Waals surface area contributed by atoms with Gasteiger partial charge in [-0.3, -0.25) is 14.6 Å². The van der Waals surface area contributed by atoms with Gasteiger partial charge in [-0.15, -0.1) is 12.4 Å². The van der Waals surface area contributed by atoms with Gasteiger partial charge in [-0.25, -0.2) is 0 Å². The number of benzene rings is 1. The number of halogens is 1. The number of carbonyl (C=O) groups is 1. The third-order valence-electron chi connectivity index (χ3n) is 4.14. The SMILES string of the molecule is Cl.O=C(O)CN1CCN2[C@@H](COC[C@@H]2c2ccccc2)C1. The van der Waals surface area contributed by atoms with Crippen LogP contribution in [0.2, 0.25) is 0 Å². The lowest BCUT2D eigenvalue weighted by molar-refractivity contribution is -0.140. The van der Waals surface area contributed by atoms with E-state index in [-0.39, 0.29) is 19.0 Å². The van der Waals surface area contributed by atoms with Crippen molar-refractivity contribution in [3.63, 3.8) is 0 Å². The Kier molecular flexibility index (Phi) is 5.58. The standard InChI is InChI=1S/C15H20N2O3.ClH/c18-15(19)9-16-6-7-17-13(8-16)10-20-11-14(17)12-4-2-1-3-5-12;/h1-5,13-14H,6-11H2,(H,18,19);1H/t13-,14-;/m1./s1. The monoisotopic (exact) mass is 312 g/mol. The van der Waals surface area contributed by atoms with E-state index in [1.807, 2.05) is 11.0 Å². The van der Waals surface area contributed by atoms with E-state index >= 15 is 0 Å². The molecule has 0 bridgehead atoms. The molecule has 0 unspecified atom stereocenters. The first-order valence-corrected chi connectivity index (χ1v) is 7.06. The largest absolute Gasteiger partial charge is 0.480 e. The summed E-state index contributed by atoms with van der Waals surface area (Å²) in [5, 5.41) is 8.91. The van der Waals surface area contributed by atoms with Gasteiger partial charge in [-0.2, -0.15) is 0 Å². The molecule has 3 rings (SSSR count). The molecule has 2 saturated heterocycles. The first-order valence-electron chi connectivity index (χ1n) is 7.06. The molecule has 0 aromatic heterocycles. The summed E-state index contributed by atoms with van der Waals surface area (Å²) >= 11 is 0. The molecular formula is C15H21ClN2O3. The zero-order valence-corrected chi connectivity index (χ0v) is 12.7. The summed E-state index contributed by atoms with van der Waals surface area (Å²) in [6.45, 7) is 4.03. The first-order chi connectivity index (χ1) is 9.74. The number of ether oxygens (including phenoxy) is 1. The van der Waals surface area contributed by atoms with Crippen LogP contribution in [0.4, 0.5) is 0 Å². The van der Waals surface area contributed by atoms with Crippen molar-refractivity contribution < 1.29 is 14.6 Å². The van der Waals surface area contributed by atoms with Crippen LogP contribution in [0.3, 0.4) is 0 Å². The van der Waals surface area contributed by atoms with Crippen molar-refractivity contribution in [2.45, 2.75) is 12.1 Å². The average molecular weight is 313 g/mol. The van der Waals surface area contributed by atoms with E-state index < -0.39 is 5.97 Å². The van der Waals surface area contributed by atoms with Crippen molar-refractivity contribution in [2.75, 3.05) is 39.4 Å². The maximum absolute atomic E-state index is 10.8. The Morgan fingerprint density at radius 3 is 2.71 bits per heavy atom. The topological polar surface area (TPSA) is 53.0 Å². The number of aliphatic carboxylic acids is 1. The molecule has 0 radical (unpaired) electrons. The summed E-state index contributed by atoms with van der Waals surface area (Å²) in [5.41, 5.74) is 1.28. The zero-order chi connectivity index (χ0) is 13.9. The van der Waals surface area contributed by atoms with Crippen LogP contribution in [0.25, 0.3) is 0 Å². The average Bonchev–Trinajstić information content (AvgIpc) is 2.46. The Labute approximate surface area is 130 Å². The maximum Gasteiger partial charge on any atom is 0.317 e. The number of morpholine rings is 1. The maximum atomic E-state index is 10.8. The molecule has 2 atom stereocenters. The summed E-state index contributed by atoms with van der Waals surface area (Å²) in [5.74, 6) is -0.755. The van der Waals surface area contributed by atoms with Crippen LogP contribution in [0.1, 0.15) is 11.6 Å². The quantitative estimate of drug-likeness (QED) is 0.910. The molecular weight excluding hydrogens is 292 g/mol. The summed E-state index contributed by atoms with van der Waals surface area (Å²) in [6, 6.07) is 11.0. The fraction of sp³-hybridized carbons (Fsp3) is 0.533. The van der Waals surface area contributed by atoms with Gasteiger partial charge in [-0.1, -0.05) is 30.3 Å². The Bertz CT molecular complexity index is 471. The fourth-order valence-corrected chi connectivity index (χ4v) is 3.20. The summed E-state index contributed by atoms with van der Waals surface area (Å²) in [7, 11) is 0. The Morgan fingerprint density at radius 1 is 1.24 bits per heavy atom. The van der Waals surface area contributed by atoms with Gasteiger partial charge in [0.2, 0.25) is 0 Å². The van der Waals surface area contributed by atoms with Crippen LogP contribution in [0.5, 0.6) is 0 Å².